The molecule has 0 bridgehead atoms. The van der Waals surface area contributed by atoms with Crippen molar-refractivity contribution in [3.8, 4) is 0 Å². The summed E-state index contributed by atoms with van der Waals surface area (Å²) in [5.41, 5.74) is 1.82. The second-order valence-electron chi connectivity index (χ2n) is 5.68. The van der Waals surface area contributed by atoms with Crippen LogP contribution in [0.1, 0.15) is 24.2 Å². The molecule has 2 aromatic carbocycles. The zero-order chi connectivity index (χ0) is 17.2. The molecule has 0 aliphatic heterocycles. The first kappa shape index (κ1) is 18.0. The minimum atomic E-state index is -0.571. The van der Waals surface area contributed by atoms with E-state index in [0.29, 0.717) is 13.1 Å². The summed E-state index contributed by atoms with van der Waals surface area (Å²) in [6.45, 7) is 3.04. The van der Waals surface area contributed by atoms with Crippen molar-refractivity contribution in [1.29, 1.82) is 0 Å². The summed E-state index contributed by atoms with van der Waals surface area (Å²) in [5, 5.41) is 16.0. The van der Waals surface area contributed by atoms with E-state index in [0.717, 1.165) is 11.1 Å². The Morgan fingerprint density at radius 1 is 1.04 bits per heavy atom. The Hall–Kier alpha value is -2.37. The molecule has 0 fully saturated rings. The van der Waals surface area contributed by atoms with Crippen LogP contribution in [0.2, 0.25) is 0 Å². The molecule has 0 saturated heterocycles. The van der Waals surface area contributed by atoms with Gasteiger partial charge in [0.05, 0.1) is 6.10 Å². The molecule has 128 valence electrons. The number of carbonyl (C=O) groups is 1. The second-order valence-corrected chi connectivity index (χ2v) is 5.68. The van der Waals surface area contributed by atoms with E-state index in [1.165, 1.54) is 0 Å². The molecule has 0 spiro atoms. The number of ether oxygens (including phenoxy) is 1. The lowest BCUT2D eigenvalue weighted by atomic mass is 10.1. The fraction of sp³-hybridized carbons (Fsp3) is 0.316. The van der Waals surface area contributed by atoms with E-state index in [9.17, 15) is 9.90 Å². The largest absolute Gasteiger partial charge is 0.445 e. The lowest BCUT2D eigenvalue weighted by Gasteiger charge is -2.18. The maximum Gasteiger partial charge on any atom is 0.407 e. The molecule has 0 aliphatic rings. The van der Waals surface area contributed by atoms with Crippen LogP contribution >= 0.6 is 0 Å². The Balaban J connectivity index is 1.62. The quantitative estimate of drug-likeness (QED) is 0.697. The summed E-state index contributed by atoms with van der Waals surface area (Å²) in [5.74, 6) is 0. The zero-order valence-corrected chi connectivity index (χ0v) is 13.8. The number of rotatable bonds is 8. The number of nitrogens with one attached hydrogen (secondary N) is 2. The maximum atomic E-state index is 11.7. The van der Waals surface area contributed by atoms with Crippen LogP contribution in [-0.2, 0) is 11.3 Å². The Morgan fingerprint density at radius 3 is 2.33 bits per heavy atom. The molecule has 0 aromatic heterocycles. The van der Waals surface area contributed by atoms with E-state index < -0.39 is 12.2 Å². The normalized spacial score (nSPS) is 13.1. The number of aliphatic hydroxyl groups is 1. The molecule has 5 heteroatoms. The molecule has 0 heterocycles. The molecule has 1 amide bonds. The van der Waals surface area contributed by atoms with Crippen LogP contribution in [0.5, 0.6) is 0 Å². The molecule has 0 saturated carbocycles. The number of alkyl carbamates (subject to hydrolysis) is 1. The minimum absolute atomic E-state index is 0.0210. The van der Waals surface area contributed by atoms with Gasteiger partial charge < -0.3 is 20.5 Å². The van der Waals surface area contributed by atoms with Gasteiger partial charge in [-0.3, -0.25) is 0 Å². The second kappa shape index (κ2) is 9.70. The predicted octanol–water partition coefficient (Wildman–Crippen LogP) is 2.62. The number of aliphatic hydroxyl groups excluding tert-OH is 1. The third-order valence-electron chi connectivity index (χ3n) is 3.61. The van der Waals surface area contributed by atoms with Gasteiger partial charge in [-0.05, 0) is 18.1 Å². The van der Waals surface area contributed by atoms with Gasteiger partial charge in [0.15, 0.2) is 0 Å². The predicted molar refractivity (Wildman–Crippen MR) is 93.5 cm³/mol. The monoisotopic (exact) mass is 328 g/mol. The smallest absolute Gasteiger partial charge is 0.407 e. The third kappa shape index (κ3) is 6.40. The molecule has 2 atom stereocenters. The SMILES string of the molecule is C[C@@H](CNC(=O)OCc1ccccc1)NC[C@@H](O)c1ccccc1. The van der Waals surface area contributed by atoms with Crippen LogP contribution in [-0.4, -0.2) is 30.3 Å². The van der Waals surface area contributed by atoms with E-state index in [1.54, 1.807) is 0 Å². The number of amides is 1. The lowest BCUT2D eigenvalue weighted by molar-refractivity contribution is 0.138. The van der Waals surface area contributed by atoms with Crippen molar-refractivity contribution < 1.29 is 14.6 Å². The van der Waals surface area contributed by atoms with Crippen LogP contribution in [0.4, 0.5) is 4.79 Å². The minimum Gasteiger partial charge on any atom is -0.445 e. The number of carbonyl (C=O) groups excluding carboxylic acids is 1. The summed E-state index contributed by atoms with van der Waals surface area (Å²) < 4.78 is 5.15. The zero-order valence-electron chi connectivity index (χ0n) is 13.8. The molecule has 5 nitrogen and oxygen atoms in total. The van der Waals surface area contributed by atoms with E-state index in [4.69, 9.17) is 4.74 Å². The Bertz CT molecular complexity index is 605. The van der Waals surface area contributed by atoms with E-state index in [-0.39, 0.29) is 12.6 Å². The van der Waals surface area contributed by atoms with Crippen LogP contribution < -0.4 is 10.6 Å². The van der Waals surface area contributed by atoms with Crippen LogP contribution in [0.15, 0.2) is 60.7 Å². The fourth-order valence-electron chi connectivity index (χ4n) is 2.19. The van der Waals surface area contributed by atoms with Crippen molar-refractivity contribution >= 4 is 6.09 Å². The van der Waals surface area contributed by atoms with Crippen molar-refractivity contribution in [3.63, 3.8) is 0 Å². The van der Waals surface area contributed by atoms with Crippen LogP contribution in [0.3, 0.4) is 0 Å². The fourth-order valence-corrected chi connectivity index (χ4v) is 2.19. The first-order valence-electron chi connectivity index (χ1n) is 8.06. The molecule has 3 N–H and O–H groups in total. The molecule has 0 radical (unpaired) electrons. The standard InChI is InChI=1S/C19H24N2O3/c1-15(20-13-18(22)17-10-6-3-7-11-17)12-21-19(23)24-14-16-8-4-2-5-9-16/h2-11,15,18,20,22H,12-14H2,1H3,(H,21,23)/t15-,18+/m0/s1. The van der Waals surface area contributed by atoms with Crippen molar-refractivity contribution in [1.82, 2.24) is 10.6 Å². The summed E-state index contributed by atoms with van der Waals surface area (Å²) >= 11 is 0. The highest BCUT2D eigenvalue weighted by molar-refractivity contribution is 5.67. The summed E-state index contributed by atoms with van der Waals surface area (Å²) in [4.78, 5) is 11.7. The highest BCUT2D eigenvalue weighted by atomic mass is 16.5. The van der Waals surface area contributed by atoms with Gasteiger partial charge in [-0.25, -0.2) is 4.79 Å². The summed E-state index contributed by atoms with van der Waals surface area (Å²) in [6, 6.07) is 19.0. The van der Waals surface area contributed by atoms with E-state index in [2.05, 4.69) is 10.6 Å². The lowest BCUT2D eigenvalue weighted by Crippen LogP contribution is -2.40. The molecular formula is C19H24N2O3. The van der Waals surface area contributed by atoms with Crippen LogP contribution in [0.25, 0.3) is 0 Å². The molecule has 24 heavy (non-hydrogen) atoms. The highest BCUT2D eigenvalue weighted by Crippen LogP contribution is 2.10. The van der Waals surface area contributed by atoms with E-state index in [1.807, 2.05) is 67.6 Å². The average molecular weight is 328 g/mol. The van der Waals surface area contributed by atoms with Gasteiger partial charge in [0.2, 0.25) is 0 Å². The highest BCUT2D eigenvalue weighted by Gasteiger charge is 2.10. The summed E-state index contributed by atoms with van der Waals surface area (Å²) in [7, 11) is 0. The van der Waals surface area contributed by atoms with Gasteiger partial charge in [-0.2, -0.15) is 0 Å². The first-order valence-corrected chi connectivity index (χ1v) is 8.06. The average Bonchev–Trinajstić information content (AvgIpc) is 2.64. The van der Waals surface area contributed by atoms with Crippen molar-refractivity contribution in [2.75, 3.05) is 13.1 Å². The third-order valence-corrected chi connectivity index (χ3v) is 3.61. The Kier molecular flexibility index (Phi) is 7.26. The van der Waals surface area contributed by atoms with Gasteiger partial charge in [-0.1, -0.05) is 60.7 Å². The van der Waals surface area contributed by atoms with Gasteiger partial charge >= 0.3 is 6.09 Å². The molecule has 0 unspecified atom stereocenters. The number of hydrogen-bond donors (Lipinski definition) is 3. The topological polar surface area (TPSA) is 70.6 Å². The van der Waals surface area contributed by atoms with Crippen molar-refractivity contribution in [3.05, 3.63) is 71.8 Å². The van der Waals surface area contributed by atoms with Gasteiger partial charge in [0.25, 0.3) is 0 Å². The van der Waals surface area contributed by atoms with Gasteiger partial charge in [0, 0.05) is 19.1 Å². The van der Waals surface area contributed by atoms with Gasteiger partial charge in [0.1, 0.15) is 6.61 Å². The molecule has 0 aliphatic carbocycles. The Morgan fingerprint density at radius 2 is 1.67 bits per heavy atom. The number of hydrogen-bond acceptors (Lipinski definition) is 4. The molecule has 2 rings (SSSR count). The molecule has 2 aromatic rings. The van der Waals surface area contributed by atoms with Crippen LogP contribution in [0, 0.1) is 0 Å². The van der Waals surface area contributed by atoms with Gasteiger partial charge in [-0.15, -0.1) is 0 Å². The Labute approximate surface area is 142 Å². The maximum absolute atomic E-state index is 11.7. The first-order chi connectivity index (χ1) is 11.6. The summed E-state index contributed by atoms with van der Waals surface area (Å²) in [6.07, 6.45) is -1.02. The van der Waals surface area contributed by atoms with Crippen molar-refractivity contribution in [2.45, 2.75) is 25.7 Å². The van der Waals surface area contributed by atoms with E-state index >= 15 is 0 Å². The van der Waals surface area contributed by atoms with Crippen molar-refractivity contribution in [2.24, 2.45) is 0 Å². The number of benzene rings is 2. The molecular weight excluding hydrogens is 304 g/mol.